The molecule has 6 aromatic carbocycles. The fraction of sp³-hybridized carbons (Fsp3) is 0. The summed E-state index contributed by atoms with van der Waals surface area (Å²) in [6.07, 6.45) is 0. The molecule has 0 radical (unpaired) electrons. The molecule has 2 aromatic heterocycles. The van der Waals surface area contributed by atoms with Gasteiger partial charge in [-0.3, -0.25) is 0 Å². The van der Waals surface area contributed by atoms with Crippen molar-refractivity contribution in [1.82, 2.24) is 15.0 Å². The Hall–Kier alpha value is -5.61. The number of benzene rings is 6. The second kappa shape index (κ2) is 9.54. The van der Waals surface area contributed by atoms with Crippen molar-refractivity contribution >= 4 is 32.7 Å². The summed E-state index contributed by atoms with van der Waals surface area (Å²) >= 11 is 0. The molecule has 0 bridgehead atoms. The van der Waals surface area contributed by atoms with E-state index in [4.69, 9.17) is 19.4 Å². The van der Waals surface area contributed by atoms with Crippen LogP contribution in [0.1, 0.15) is 0 Å². The van der Waals surface area contributed by atoms with E-state index in [2.05, 4.69) is 66.7 Å². The van der Waals surface area contributed by atoms with E-state index >= 15 is 0 Å². The molecule has 0 amide bonds. The molecule has 2 heterocycles. The molecule has 4 nitrogen and oxygen atoms in total. The molecule has 0 aliphatic carbocycles. The van der Waals surface area contributed by atoms with Crippen LogP contribution in [0.5, 0.6) is 0 Å². The smallest absolute Gasteiger partial charge is 0.164 e. The van der Waals surface area contributed by atoms with Crippen molar-refractivity contribution in [2.45, 2.75) is 0 Å². The molecule has 0 fully saturated rings. The van der Waals surface area contributed by atoms with Crippen LogP contribution in [-0.2, 0) is 0 Å². The largest absolute Gasteiger partial charge is 0.456 e. The molecule has 0 saturated carbocycles. The predicted octanol–water partition coefficient (Wildman–Crippen LogP) is 9.59. The van der Waals surface area contributed by atoms with Gasteiger partial charge in [-0.05, 0) is 52.2 Å². The van der Waals surface area contributed by atoms with Crippen molar-refractivity contribution in [2.75, 3.05) is 0 Å². The Balaban J connectivity index is 1.27. The third kappa shape index (κ3) is 4.14. The summed E-state index contributed by atoms with van der Waals surface area (Å²) in [4.78, 5) is 14.6. The van der Waals surface area contributed by atoms with Gasteiger partial charge in [0.05, 0.1) is 0 Å². The lowest BCUT2D eigenvalue weighted by molar-refractivity contribution is 0.669. The van der Waals surface area contributed by atoms with Crippen molar-refractivity contribution in [3.05, 3.63) is 140 Å². The average Bonchev–Trinajstić information content (AvgIpc) is 3.42. The monoisotopic (exact) mass is 525 g/mol. The van der Waals surface area contributed by atoms with Crippen LogP contribution in [0.25, 0.3) is 78.0 Å². The molecular weight excluding hydrogens is 502 g/mol. The minimum Gasteiger partial charge on any atom is -0.456 e. The first-order chi connectivity index (χ1) is 20.3. The van der Waals surface area contributed by atoms with Crippen molar-refractivity contribution in [3.63, 3.8) is 0 Å². The third-order valence-corrected chi connectivity index (χ3v) is 7.53. The molecule has 4 heteroatoms. The van der Waals surface area contributed by atoms with E-state index < -0.39 is 0 Å². The van der Waals surface area contributed by atoms with Crippen LogP contribution in [0.4, 0.5) is 0 Å². The van der Waals surface area contributed by atoms with Crippen LogP contribution >= 0.6 is 0 Å². The Labute approximate surface area is 236 Å². The van der Waals surface area contributed by atoms with E-state index in [9.17, 15) is 0 Å². The molecule has 0 unspecified atom stereocenters. The number of nitrogens with zero attached hydrogens (tertiary/aromatic N) is 3. The van der Waals surface area contributed by atoms with Gasteiger partial charge in [0, 0.05) is 27.5 Å². The highest BCUT2D eigenvalue weighted by Gasteiger charge is 2.15. The molecule has 0 atom stereocenters. The van der Waals surface area contributed by atoms with E-state index in [-0.39, 0.29) is 0 Å². The van der Waals surface area contributed by atoms with Gasteiger partial charge in [0.2, 0.25) is 0 Å². The summed E-state index contributed by atoms with van der Waals surface area (Å²) in [6, 6.07) is 47.6. The van der Waals surface area contributed by atoms with Gasteiger partial charge in [0.15, 0.2) is 17.5 Å². The molecule has 0 aliphatic rings. The molecule has 0 N–H and O–H groups in total. The predicted molar refractivity (Wildman–Crippen MR) is 166 cm³/mol. The number of fused-ring (bicyclic) bond motifs is 4. The lowest BCUT2D eigenvalue weighted by Gasteiger charge is -2.08. The Morgan fingerprint density at radius 1 is 0.366 bits per heavy atom. The van der Waals surface area contributed by atoms with Crippen LogP contribution in [0.15, 0.2) is 144 Å². The second-order valence-electron chi connectivity index (χ2n) is 10.1. The first-order valence-electron chi connectivity index (χ1n) is 13.6. The maximum absolute atomic E-state index is 6.35. The van der Waals surface area contributed by atoms with Gasteiger partial charge in [-0.2, -0.15) is 0 Å². The fourth-order valence-electron chi connectivity index (χ4n) is 5.50. The second-order valence-corrected chi connectivity index (χ2v) is 10.1. The van der Waals surface area contributed by atoms with E-state index in [0.717, 1.165) is 44.2 Å². The summed E-state index contributed by atoms with van der Waals surface area (Å²) in [5.74, 6) is 1.92. The van der Waals surface area contributed by atoms with E-state index in [1.807, 2.05) is 72.8 Å². The Bertz CT molecular complexity index is 2140. The topological polar surface area (TPSA) is 51.8 Å². The molecule has 8 rings (SSSR count). The zero-order chi connectivity index (χ0) is 27.2. The van der Waals surface area contributed by atoms with Crippen LogP contribution in [-0.4, -0.2) is 15.0 Å². The fourth-order valence-corrected chi connectivity index (χ4v) is 5.50. The number of furan rings is 1. The summed E-state index contributed by atoms with van der Waals surface area (Å²) < 4.78 is 6.35. The summed E-state index contributed by atoms with van der Waals surface area (Å²) in [5.41, 5.74) is 6.82. The van der Waals surface area contributed by atoms with Crippen LogP contribution in [0.3, 0.4) is 0 Å². The minimum absolute atomic E-state index is 0.626. The average molecular weight is 526 g/mol. The molecular formula is C37H23N3O. The highest BCUT2D eigenvalue weighted by Crippen LogP contribution is 2.36. The van der Waals surface area contributed by atoms with Gasteiger partial charge in [-0.15, -0.1) is 0 Å². The van der Waals surface area contributed by atoms with Gasteiger partial charge in [0.25, 0.3) is 0 Å². The third-order valence-electron chi connectivity index (χ3n) is 7.53. The normalized spacial score (nSPS) is 11.4. The van der Waals surface area contributed by atoms with Gasteiger partial charge < -0.3 is 4.42 Å². The molecule has 0 aliphatic heterocycles. The van der Waals surface area contributed by atoms with Crippen LogP contribution in [0, 0.1) is 0 Å². The van der Waals surface area contributed by atoms with Gasteiger partial charge in [-0.1, -0.05) is 109 Å². The van der Waals surface area contributed by atoms with E-state index in [1.54, 1.807) is 0 Å². The molecule has 41 heavy (non-hydrogen) atoms. The van der Waals surface area contributed by atoms with E-state index in [1.165, 1.54) is 16.3 Å². The lowest BCUT2D eigenvalue weighted by Crippen LogP contribution is -2.00. The van der Waals surface area contributed by atoms with Crippen molar-refractivity contribution in [2.24, 2.45) is 0 Å². The summed E-state index contributed by atoms with van der Waals surface area (Å²) in [7, 11) is 0. The maximum Gasteiger partial charge on any atom is 0.164 e. The van der Waals surface area contributed by atoms with Crippen molar-refractivity contribution in [1.29, 1.82) is 0 Å². The van der Waals surface area contributed by atoms with Crippen molar-refractivity contribution in [3.8, 4) is 45.3 Å². The zero-order valence-corrected chi connectivity index (χ0v) is 22.0. The SMILES string of the molecule is c1ccc(-c2nc(-c3ccccc3)nc(-c3ccc4oc5cc(-c6cccc7ccccc67)ccc5c4c3)n2)cc1. The van der Waals surface area contributed by atoms with E-state index in [0.29, 0.717) is 17.5 Å². The highest BCUT2D eigenvalue weighted by molar-refractivity contribution is 6.08. The Kier molecular flexibility index (Phi) is 5.42. The number of hydrogen-bond donors (Lipinski definition) is 0. The molecule has 192 valence electrons. The molecule has 0 spiro atoms. The van der Waals surface area contributed by atoms with Crippen molar-refractivity contribution < 1.29 is 4.42 Å². The quantitative estimate of drug-likeness (QED) is 0.230. The standard InChI is InChI=1S/C37H23N3O/c1-3-11-25(12-4-1)35-38-36(26-13-5-2-6-14-26)40-37(39-35)28-19-21-33-32(22-28)31-20-18-27(23-34(31)41-33)30-17-9-15-24-10-7-8-16-29(24)30/h1-23H. The first kappa shape index (κ1) is 23.3. The van der Waals surface area contributed by atoms with Gasteiger partial charge in [-0.25, -0.2) is 15.0 Å². The van der Waals surface area contributed by atoms with Crippen LogP contribution < -0.4 is 0 Å². The molecule has 0 saturated heterocycles. The zero-order valence-electron chi connectivity index (χ0n) is 22.0. The minimum atomic E-state index is 0.626. The highest BCUT2D eigenvalue weighted by atomic mass is 16.3. The van der Waals surface area contributed by atoms with Gasteiger partial charge in [0.1, 0.15) is 11.2 Å². The summed E-state index contributed by atoms with van der Waals surface area (Å²) in [6.45, 7) is 0. The number of aromatic nitrogens is 3. The van der Waals surface area contributed by atoms with Crippen LogP contribution in [0.2, 0.25) is 0 Å². The maximum atomic E-state index is 6.35. The first-order valence-corrected chi connectivity index (χ1v) is 13.6. The lowest BCUT2D eigenvalue weighted by atomic mass is 9.97. The Morgan fingerprint density at radius 3 is 1.71 bits per heavy atom. The molecule has 8 aromatic rings. The number of rotatable bonds is 4. The number of hydrogen-bond acceptors (Lipinski definition) is 4. The summed E-state index contributed by atoms with van der Waals surface area (Å²) in [5, 5.41) is 4.55. The Morgan fingerprint density at radius 2 is 0.976 bits per heavy atom. The van der Waals surface area contributed by atoms with Gasteiger partial charge >= 0.3 is 0 Å².